The Morgan fingerprint density at radius 2 is 1.89 bits per heavy atom. The maximum atomic E-state index is 13.2. The van der Waals surface area contributed by atoms with Gasteiger partial charge in [0, 0.05) is 15.4 Å². The molecular weight excluding hydrogens is 363 g/mol. The van der Waals surface area contributed by atoms with E-state index in [0.717, 1.165) is 10.0 Å². The second kappa shape index (κ2) is 5.95. The first-order valence-electron chi connectivity index (χ1n) is 5.44. The van der Waals surface area contributed by atoms with Crippen LogP contribution in [0.3, 0.4) is 0 Å². The lowest BCUT2D eigenvalue weighted by Crippen LogP contribution is -2.03. The predicted molar refractivity (Wildman–Crippen MR) is 76.9 cm³/mol. The summed E-state index contributed by atoms with van der Waals surface area (Å²) in [7, 11) is 0. The van der Waals surface area contributed by atoms with E-state index in [4.69, 9.17) is 0 Å². The van der Waals surface area contributed by atoms with E-state index in [1.54, 1.807) is 6.07 Å². The highest BCUT2D eigenvalue weighted by molar-refractivity contribution is 9.10. The molecule has 0 aliphatic rings. The molecule has 0 saturated carbocycles. The molecule has 0 bridgehead atoms. The summed E-state index contributed by atoms with van der Waals surface area (Å²) in [5.74, 6) is -0.346. The van der Waals surface area contributed by atoms with Gasteiger partial charge in [-0.2, -0.15) is 0 Å². The average Bonchev–Trinajstić information content (AvgIpc) is 2.32. The minimum atomic E-state index is -0.732. The summed E-state index contributed by atoms with van der Waals surface area (Å²) in [4.78, 5) is 0. The van der Waals surface area contributed by atoms with Crippen molar-refractivity contribution in [3.05, 3.63) is 68.4 Å². The fourth-order valence-electron chi connectivity index (χ4n) is 1.77. The van der Waals surface area contributed by atoms with Crippen molar-refractivity contribution in [3.63, 3.8) is 0 Å². The lowest BCUT2D eigenvalue weighted by molar-refractivity contribution is 0.177. The van der Waals surface area contributed by atoms with Gasteiger partial charge in [0.1, 0.15) is 5.82 Å². The summed E-state index contributed by atoms with van der Waals surface area (Å²) in [5.41, 5.74) is 1.56. The molecule has 1 unspecified atom stereocenters. The van der Waals surface area contributed by atoms with Crippen molar-refractivity contribution in [2.75, 3.05) is 0 Å². The third kappa shape index (κ3) is 3.40. The molecule has 0 radical (unpaired) electrons. The maximum Gasteiger partial charge on any atom is 0.123 e. The second-order valence-corrected chi connectivity index (χ2v) is 5.79. The van der Waals surface area contributed by atoms with Crippen molar-refractivity contribution in [1.29, 1.82) is 0 Å². The molecule has 0 heterocycles. The summed E-state index contributed by atoms with van der Waals surface area (Å²) >= 11 is 6.71. The van der Waals surface area contributed by atoms with E-state index >= 15 is 0 Å². The van der Waals surface area contributed by atoms with Crippen molar-refractivity contribution in [3.8, 4) is 0 Å². The Labute approximate surface area is 122 Å². The Balaban J connectivity index is 2.21. The molecular formula is C14H11Br2FO. The van der Waals surface area contributed by atoms with Crippen molar-refractivity contribution in [2.45, 2.75) is 12.5 Å². The zero-order valence-electron chi connectivity index (χ0n) is 9.41. The first kappa shape index (κ1) is 13.7. The molecule has 94 valence electrons. The monoisotopic (exact) mass is 372 g/mol. The molecule has 4 heteroatoms. The van der Waals surface area contributed by atoms with Crippen LogP contribution in [0.25, 0.3) is 0 Å². The van der Waals surface area contributed by atoms with Crippen LogP contribution >= 0.6 is 31.9 Å². The fraction of sp³-hybridized carbons (Fsp3) is 0.143. The first-order valence-corrected chi connectivity index (χ1v) is 7.02. The summed E-state index contributed by atoms with van der Waals surface area (Å²) in [5, 5.41) is 10.2. The molecule has 0 aromatic heterocycles. The molecule has 2 aromatic carbocycles. The second-order valence-electron chi connectivity index (χ2n) is 4.02. The van der Waals surface area contributed by atoms with E-state index in [9.17, 15) is 9.50 Å². The number of hydrogen-bond donors (Lipinski definition) is 1. The van der Waals surface area contributed by atoms with Gasteiger partial charge in [-0.1, -0.05) is 44.0 Å². The molecule has 0 fully saturated rings. The largest absolute Gasteiger partial charge is 0.388 e. The molecule has 2 rings (SSSR count). The number of halogens is 3. The molecule has 18 heavy (non-hydrogen) atoms. The number of hydrogen-bond acceptors (Lipinski definition) is 1. The molecule has 0 saturated heterocycles. The molecule has 1 atom stereocenters. The quantitative estimate of drug-likeness (QED) is 0.831. The van der Waals surface area contributed by atoms with Gasteiger partial charge >= 0.3 is 0 Å². The normalized spacial score (nSPS) is 12.4. The van der Waals surface area contributed by atoms with Gasteiger partial charge in [0.2, 0.25) is 0 Å². The molecule has 2 aromatic rings. The third-order valence-corrected chi connectivity index (χ3v) is 3.85. The summed E-state index contributed by atoms with van der Waals surface area (Å²) in [6.45, 7) is 0. The van der Waals surface area contributed by atoms with Crippen LogP contribution in [0.15, 0.2) is 51.4 Å². The minimum Gasteiger partial charge on any atom is -0.388 e. The number of rotatable bonds is 3. The lowest BCUT2D eigenvalue weighted by Gasteiger charge is -2.13. The van der Waals surface area contributed by atoms with Crippen LogP contribution in [-0.2, 0) is 6.42 Å². The Kier molecular flexibility index (Phi) is 4.54. The van der Waals surface area contributed by atoms with Crippen LogP contribution in [0.2, 0.25) is 0 Å². The Hall–Kier alpha value is -0.710. The van der Waals surface area contributed by atoms with Gasteiger partial charge in [-0.05, 0) is 41.5 Å². The van der Waals surface area contributed by atoms with Gasteiger partial charge in [-0.25, -0.2) is 4.39 Å². The van der Waals surface area contributed by atoms with Crippen LogP contribution in [0.1, 0.15) is 17.2 Å². The van der Waals surface area contributed by atoms with Crippen LogP contribution in [0, 0.1) is 5.82 Å². The highest BCUT2D eigenvalue weighted by Gasteiger charge is 2.13. The number of benzene rings is 2. The third-order valence-electron chi connectivity index (χ3n) is 2.64. The molecule has 1 N–H and O–H groups in total. The van der Waals surface area contributed by atoms with Crippen molar-refractivity contribution >= 4 is 31.9 Å². The number of aliphatic hydroxyl groups is 1. The van der Waals surface area contributed by atoms with Gasteiger partial charge in [0.15, 0.2) is 0 Å². The van der Waals surface area contributed by atoms with E-state index in [0.29, 0.717) is 16.5 Å². The van der Waals surface area contributed by atoms with E-state index in [1.807, 2.05) is 24.3 Å². The Bertz CT molecular complexity index is 557. The van der Waals surface area contributed by atoms with E-state index in [2.05, 4.69) is 31.9 Å². The Morgan fingerprint density at radius 3 is 2.61 bits per heavy atom. The number of aliphatic hydroxyl groups excluding tert-OH is 1. The lowest BCUT2D eigenvalue weighted by atomic mass is 10.0. The molecule has 0 amide bonds. The van der Waals surface area contributed by atoms with Crippen molar-refractivity contribution in [1.82, 2.24) is 0 Å². The zero-order chi connectivity index (χ0) is 13.1. The van der Waals surface area contributed by atoms with E-state index in [1.165, 1.54) is 12.1 Å². The standard InChI is InChI=1S/C14H11Br2FO/c15-10-3-1-2-9(6-10)7-14(18)12-8-11(17)4-5-13(12)16/h1-6,8,14,18H,7H2. The van der Waals surface area contributed by atoms with Gasteiger partial charge in [-0.15, -0.1) is 0 Å². The van der Waals surface area contributed by atoms with Crippen molar-refractivity contribution < 1.29 is 9.50 Å². The summed E-state index contributed by atoms with van der Waals surface area (Å²) in [6, 6.07) is 12.0. The van der Waals surface area contributed by atoms with Crippen LogP contribution < -0.4 is 0 Å². The highest BCUT2D eigenvalue weighted by atomic mass is 79.9. The van der Waals surface area contributed by atoms with Gasteiger partial charge in [0.25, 0.3) is 0 Å². The van der Waals surface area contributed by atoms with Gasteiger partial charge < -0.3 is 5.11 Å². The van der Waals surface area contributed by atoms with Crippen LogP contribution in [-0.4, -0.2) is 5.11 Å². The smallest absolute Gasteiger partial charge is 0.123 e. The molecule has 0 spiro atoms. The predicted octanol–water partition coefficient (Wildman–Crippen LogP) is 4.63. The molecule has 0 aliphatic heterocycles. The first-order chi connectivity index (χ1) is 8.56. The van der Waals surface area contributed by atoms with E-state index < -0.39 is 6.10 Å². The summed E-state index contributed by atoms with van der Waals surface area (Å²) < 4.78 is 14.8. The summed E-state index contributed by atoms with van der Waals surface area (Å²) in [6.07, 6.45) is -0.286. The van der Waals surface area contributed by atoms with Crippen LogP contribution in [0.4, 0.5) is 4.39 Å². The topological polar surface area (TPSA) is 20.2 Å². The van der Waals surface area contributed by atoms with Crippen molar-refractivity contribution in [2.24, 2.45) is 0 Å². The average molecular weight is 374 g/mol. The SMILES string of the molecule is OC(Cc1cccc(Br)c1)c1cc(F)ccc1Br. The van der Waals surface area contributed by atoms with Gasteiger partial charge in [-0.3, -0.25) is 0 Å². The maximum absolute atomic E-state index is 13.2. The molecule has 0 aliphatic carbocycles. The minimum absolute atomic E-state index is 0.346. The highest BCUT2D eigenvalue weighted by Crippen LogP contribution is 2.27. The zero-order valence-corrected chi connectivity index (χ0v) is 12.6. The molecule has 1 nitrogen and oxygen atoms in total. The van der Waals surface area contributed by atoms with Gasteiger partial charge in [0.05, 0.1) is 6.10 Å². The van der Waals surface area contributed by atoms with E-state index in [-0.39, 0.29) is 5.82 Å². The fourth-order valence-corrected chi connectivity index (χ4v) is 2.72. The Morgan fingerprint density at radius 1 is 1.11 bits per heavy atom. The van der Waals surface area contributed by atoms with Crippen LogP contribution in [0.5, 0.6) is 0 Å².